The molecule has 1 heterocycles. The lowest BCUT2D eigenvalue weighted by Crippen LogP contribution is -2.38. The molecule has 6 nitrogen and oxygen atoms in total. The number of carbonyl (C=O) groups is 1. The van der Waals surface area contributed by atoms with Gasteiger partial charge in [0.25, 0.3) is 11.5 Å². The van der Waals surface area contributed by atoms with Crippen LogP contribution in [0.3, 0.4) is 0 Å². The minimum absolute atomic E-state index is 0.110. The molecule has 5 rings (SSSR count). The van der Waals surface area contributed by atoms with Crippen LogP contribution in [0, 0.1) is 0 Å². The van der Waals surface area contributed by atoms with Crippen molar-refractivity contribution in [3.05, 3.63) is 136 Å². The van der Waals surface area contributed by atoms with Crippen molar-refractivity contribution in [2.75, 3.05) is 7.11 Å². The summed E-state index contributed by atoms with van der Waals surface area (Å²) < 4.78 is 7.30. The molecule has 0 bridgehead atoms. The van der Waals surface area contributed by atoms with Crippen LogP contribution in [-0.2, 0) is 13.0 Å². The first-order valence-electron chi connectivity index (χ1n) is 14.6. The van der Waals surface area contributed by atoms with Crippen molar-refractivity contribution in [1.82, 2.24) is 14.5 Å². The molecule has 6 heteroatoms. The smallest absolute Gasteiger partial charge is 0.266 e. The van der Waals surface area contributed by atoms with Gasteiger partial charge in [-0.05, 0) is 66.8 Å². The Morgan fingerprint density at radius 3 is 2.26 bits per heavy atom. The summed E-state index contributed by atoms with van der Waals surface area (Å²) in [5, 5.41) is 0.505. The van der Waals surface area contributed by atoms with Gasteiger partial charge in [0.05, 0.1) is 29.7 Å². The summed E-state index contributed by atoms with van der Waals surface area (Å²) in [6, 6.07) is 32.1. The van der Waals surface area contributed by atoms with Crippen molar-refractivity contribution >= 4 is 16.8 Å². The Hall–Kier alpha value is -4.71. The van der Waals surface area contributed by atoms with Gasteiger partial charge in [-0.25, -0.2) is 4.98 Å². The highest BCUT2D eigenvalue weighted by molar-refractivity contribution is 5.94. The number of carbonyl (C=O) groups excluding carboxylic acids is 1. The molecule has 0 aliphatic heterocycles. The van der Waals surface area contributed by atoms with E-state index in [1.54, 1.807) is 17.7 Å². The Kier molecular flexibility index (Phi) is 9.12. The van der Waals surface area contributed by atoms with E-state index in [1.807, 2.05) is 109 Å². The normalized spacial score (nSPS) is 11.8. The fourth-order valence-corrected chi connectivity index (χ4v) is 5.43. The van der Waals surface area contributed by atoms with Gasteiger partial charge in [0.2, 0.25) is 0 Å². The molecular formula is C36H37N3O3. The van der Waals surface area contributed by atoms with Crippen LogP contribution >= 0.6 is 0 Å². The number of aromatic nitrogens is 2. The van der Waals surface area contributed by atoms with Gasteiger partial charge < -0.3 is 9.64 Å². The van der Waals surface area contributed by atoms with Gasteiger partial charge in [0.15, 0.2) is 0 Å². The molecule has 0 saturated carbocycles. The first kappa shape index (κ1) is 28.8. The van der Waals surface area contributed by atoms with Crippen LogP contribution in [0.5, 0.6) is 5.75 Å². The largest absolute Gasteiger partial charge is 0.495 e. The van der Waals surface area contributed by atoms with Crippen LogP contribution in [0.2, 0.25) is 0 Å². The van der Waals surface area contributed by atoms with E-state index in [2.05, 4.69) is 6.92 Å². The number of methoxy groups -OCH3 is 1. The Bertz CT molecular complexity index is 1710. The standard InChI is InChI=1S/C36H37N3O3/c1-4-6-14-26-21-23-28(24-22-26)35(40)38(25-27-15-8-7-9-16-27)31(5-2)34-37-30-18-11-10-17-29(30)36(41)39(34)32-19-12-13-20-33(32)42-3/h7-13,15-24,31H,4-6,14,25H2,1-3H3. The highest BCUT2D eigenvalue weighted by Crippen LogP contribution is 2.31. The average Bonchev–Trinajstić information content (AvgIpc) is 3.04. The number of amides is 1. The van der Waals surface area contributed by atoms with Crippen LogP contribution in [0.1, 0.15) is 66.5 Å². The molecule has 0 fully saturated rings. The molecule has 1 amide bonds. The van der Waals surface area contributed by atoms with E-state index < -0.39 is 6.04 Å². The van der Waals surface area contributed by atoms with Gasteiger partial charge in [-0.3, -0.25) is 14.2 Å². The first-order chi connectivity index (χ1) is 20.5. The molecule has 0 radical (unpaired) electrons. The molecule has 42 heavy (non-hydrogen) atoms. The van der Waals surface area contributed by atoms with Crippen molar-refractivity contribution in [3.8, 4) is 11.4 Å². The van der Waals surface area contributed by atoms with E-state index in [0.717, 1.165) is 24.8 Å². The summed E-state index contributed by atoms with van der Waals surface area (Å²) in [5.74, 6) is 0.938. The van der Waals surface area contributed by atoms with Gasteiger partial charge in [-0.1, -0.05) is 87.0 Å². The second-order valence-corrected chi connectivity index (χ2v) is 10.4. The maximum atomic E-state index is 14.4. The van der Waals surface area contributed by atoms with Crippen LogP contribution in [0.25, 0.3) is 16.6 Å². The predicted octanol–water partition coefficient (Wildman–Crippen LogP) is 7.53. The lowest BCUT2D eigenvalue weighted by atomic mass is 10.0. The number of ether oxygens (including phenoxy) is 1. The average molecular weight is 560 g/mol. The van der Waals surface area contributed by atoms with E-state index in [9.17, 15) is 9.59 Å². The highest BCUT2D eigenvalue weighted by atomic mass is 16.5. The lowest BCUT2D eigenvalue weighted by molar-refractivity contribution is 0.0640. The summed E-state index contributed by atoms with van der Waals surface area (Å²) in [5.41, 5.74) is 3.80. The maximum absolute atomic E-state index is 14.4. The summed E-state index contributed by atoms with van der Waals surface area (Å²) in [6.07, 6.45) is 3.77. The minimum Gasteiger partial charge on any atom is -0.495 e. The number of hydrogen-bond donors (Lipinski definition) is 0. The second kappa shape index (κ2) is 13.3. The van der Waals surface area contributed by atoms with Crippen LogP contribution in [0.4, 0.5) is 0 Å². The molecule has 0 aliphatic rings. The number of hydrogen-bond acceptors (Lipinski definition) is 4. The van der Waals surface area contributed by atoms with Gasteiger partial charge in [-0.15, -0.1) is 0 Å². The molecule has 0 N–H and O–H groups in total. The number of unbranched alkanes of at least 4 members (excludes halogenated alkanes) is 1. The summed E-state index contributed by atoms with van der Waals surface area (Å²) in [7, 11) is 1.59. The predicted molar refractivity (Wildman–Crippen MR) is 168 cm³/mol. The van der Waals surface area contributed by atoms with Crippen molar-refractivity contribution < 1.29 is 9.53 Å². The van der Waals surface area contributed by atoms with Crippen molar-refractivity contribution in [2.24, 2.45) is 0 Å². The van der Waals surface area contributed by atoms with Crippen molar-refractivity contribution in [3.63, 3.8) is 0 Å². The third kappa shape index (κ3) is 5.98. The molecule has 0 saturated heterocycles. The third-order valence-electron chi connectivity index (χ3n) is 7.67. The number of rotatable bonds is 11. The van der Waals surface area contributed by atoms with Crippen molar-refractivity contribution in [2.45, 2.75) is 52.1 Å². The number of fused-ring (bicyclic) bond motifs is 1. The Morgan fingerprint density at radius 1 is 0.857 bits per heavy atom. The number of para-hydroxylation sites is 3. The maximum Gasteiger partial charge on any atom is 0.266 e. The van der Waals surface area contributed by atoms with E-state index in [-0.39, 0.29) is 11.5 Å². The SMILES string of the molecule is CCCCc1ccc(C(=O)N(Cc2ccccc2)C(CC)c2nc3ccccc3c(=O)n2-c2ccccc2OC)cc1. The number of nitrogens with zero attached hydrogens (tertiary/aromatic N) is 3. The fraction of sp³-hybridized carbons (Fsp3) is 0.250. The summed E-state index contributed by atoms with van der Waals surface area (Å²) >= 11 is 0. The van der Waals surface area contributed by atoms with Gasteiger partial charge in [0.1, 0.15) is 11.6 Å². The number of aryl methyl sites for hydroxylation is 1. The molecular weight excluding hydrogens is 522 g/mol. The fourth-order valence-electron chi connectivity index (χ4n) is 5.43. The zero-order valence-electron chi connectivity index (χ0n) is 24.5. The van der Waals surface area contributed by atoms with Gasteiger partial charge >= 0.3 is 0 Å². The zero-order chi connectivity index (χ0) is 29.5. The second-order valence-electron chi connectivity index (χ2n) is 10.4. The van der Waals surface area contributed by atoms with Crippen LogP contribution in [0.15, 0.2) is 108 Å². The third-order valence-corrected chi connectivity index (χ3v) is 7.67. The molecule has 5 aromatic rings. The zero-order valence-corrected chi connectivity index (χ0v) is 24.5. The molecule has 1 atom stereocenters. The van der Waals surface area contributed by atoms with Gasteiger partial charge in [0, 0.05) is 12.1 Å². The molecule has 4 aromatic carbocycles. The molecule has 0 aliphatic carbocycles. The Morgan fingerprint density at radius 2 is 1.55 bits per heavy atom. The Balaban J connectivity index is 1.69. The molecule has 0 spiro atoms. The topological polar surface area (TPSA) is 64.4 Å². The molecule has 1 aromatic heterocycles. The number of benzene rings is 4. The quantitative estimate of drug-likeness (QED) is 0.168. The van der Waals surface area contributed by atoms with Crippen molar-refractivity contribution in [1.29, 1.82) is 0 Å². The van der Waals surface area contributed by atoms with Crippen LogP contribution < -0.4 is 10.3 Å². The van der Waals surface area contributed by atoms with E-state index in [4.69, 9.17) is 9.72 Å². The van der Waals surface area contributed by atoms with Gasteiger partial charge in [-0.2, -0.15) is 0 Å². The lowest BCUT2D eigenvalue weighted by Gasteiger charge is -2.33. The monoisotopic (exact) mass is 559 g/mol. The molecule has 1 unspecified atom stereocenters. The van der Waals surface area contributed by atoms with E-state index >= 15 is 0 Å². The first-order valence-corrected chi connectivity index (χ1v) is 14.6. The Labute approximate surface area is 247 Å². The summed E-state index contributed by atoms with van der Waals surface area (Å²) in [6.45, 7) is 4.57. The van der Waals surface area contributed by atoms with E-state index in [1.165, 1.54) is 5.56 Å². The molecule has 214 valence electrons. The highest BCUT2D eigenvalue weighted by Gasteiger charge is 2.30. The summed E-state index contributed by atoms with van der Waals surface area (Å²) in [4.78, 5) is 35.4. The van der Waals surface area contributed by atoms with E-state index in [0.29, 0.717) is 46.7 Å². The van der Waals surface area contributed by atoms with Crippen LogP contribution in [-0.4, -0.2) is 27.5 Å². The minimum atomic E-state index is -0.500.